The highest BCUT2D eigenvalue weighted by atomic mass is 16.4. The number of hydrogen-bond acceptors (Lipinski definition) is 4. The lowest BCUT2D eigenvalue weighted by Gasteiger charge is -2.08. The van der Waals surface area contributed by atoms with Crippen molar-refractivity contribution >= 4 is 28.5 Å². The third kappa shape index (κ3) is 3.74. The van der Waals surface area contributed by atoms with E-state index in [1.54, 1.807) is 48.7 Å². The molecule has 162 valence electrons. The lowest BCUT2D eigenvalue weighted by molar-refractivity contribution is -0.115. The van der Waals surface area contributed by atoms with Gasteiger partial charge in [-0.25, -0.2) is 4.79 Å². The standard InChI is InChI=1S/C25H18N4O4/c30-22(13-15-5-1-2-6-18(15)25(32)33)27-16-9-11-17(12-10-16)29-24(31)20-14-26-21-8-4-3-7-19(21)23(20)28-29/h1-12,14,26H,13H2,(H,27,30)(H,32,33). The Morgan fingerprint density at radius 2 is 1.70 bits per heavy atom. The van der Waals surface area contributed by atoms with E-state index in [0.717, 1.165) is 10.9 Å². The number of aromatic amines is 1. The predicted molar refractivity (Wildman–Crippen MR) is 124 cm³/mol. The first-order chi connectivity index (χ1) is 16.0. The molecule has 3 N–H and O–H groups in total. The van der Waals surface area contributed by atoms with Crippen molar-refractivity contribution in [2.45, 2.75) is 6.42 Å². The summed E-state index contributed by atoms with van der Waals surface area (Å²) in [5.74, 6) is -1.42. The van der Waals surface area contributed by atoms with E-state index in [4.69, 9.17) is 0 Å². The van der Waals surface area contributed by atoms with Crippen molar-refractivity contribution in [1.82, 2.24) is 14.8 Å². The maximum Gasteiger partial charge on any atom is 0.335 e. The minimum absolute atomic E-state index is 0.0664. The SMILES string of the molecule is O=C(Cc1ccccc1C(=O)O)Nc1ccc(-n2nc3c4ccccc4[nH]cc-3c2=O)cc1. The number of nitrogens with zero attached hydrogens (tertiary/aromatic N) is 2. The smallest absolute Gasteiger partial charge is 0.335 e. The van der Waals surface area contributed by atoms with Crippen LogP contribution in [0.5, 0.6) is 0 Å². The quantitative estimate of drug-likeness (QED) is 0.387. The summed E-state index contributed by atoms with van der Waals surface area (Å²) < 4.78 is 1.33. The number of benzene rings is 3. The molecule has 0 atom stereocenters. The number of nitrogens with one attached hydrogen (secondary N) is 2. The molecule has 1 amide bonds. The number of carbonyl (C=O) groups is 2. The molecule has 0 saturated heterocycles. The maximum atomic E-state index is 12.9. The fourth-order valence-corrected chi connectivity index (χ4v) is 3.83. The zero-order valence-electron chi connectivity index (χ0n) is 17.3. The fourth-order valence-electron chi connectivity index (χ4n) is 3.83. The fraction of sp³-hybridized carbons (Fsp3) is 0.0400. The Labute approximate surface area is 187 Å². The summed E-state index contributed by atoms with van der Waals surface area (Å²) in [6.07, 6.45) is 1.59. The van der Waals surface area contributed by atoms with Crippen molar-refractivity contribution in [3.05, 3.63) is 100 Å². The number of pyridine rings is 1. The average Bonchev–Trinajstić information content (AvgIpc) is 3.16. The second-order valence-electron chi connectivity index (χ2n) is 7.55. The summed E-state index contributed by atoms with van der Waals surface area (Å²) in [6.45, 7) is 0. The molecular formula is C25H18N4O4. The van der Waals surface area contributed by atoms with Crippen molar-refractivity contribution in [3.63, 3.8) is 0 Å². The second-order valence-corrected chi connectivity index (χ2v) is 7.55. The lowest BCUT2D eigenvalue weighted by atomic mass is 10.0. The summed E-state index contributed by atoms with van der Waals surface area (Å²) in [5, 5.41) is 17.4. The first-order valence-electron chi connectivity index (χ1n) is 10.2. The van der Waals surface area contributed by atoms with Gasteiger partial charge in [-0.1, -0.05) is 36.4 Å². The monoisotopic (exact) mass is 438 g/mol. The Morgan fingerprint density at radius 3 is 2.48 bits per heavy atom. The largest absolute Gasteiger partial charge is 0.478 e. The Morgan fingerprint density at radius 1 is 0.970 bits per heavy atom. The van der Waals surface area contributed by atoms with E-state index < -0.39 is 5.97 Å². The molecule has 0 unspecified atom stereocenters. The number of amides is 1. The number of carbonyl (C=O) groups excluding carboxylic acids is 1. The van der Waals surface area contributed by atoms with Gasteiger partial charge in [-0.2, -0.15) is 9.78 Å². The van der Waals surface area contributed by atoms with Gasteiger partial charge in [0.15, 0.2) is 0 Å². The summed E-state index contributed by atoms with van der Waals surface area (Å²) in [4.78, 5) is 39.8. The number of H-pyrrole nitrogens is 1. The molecule has 0 bridgehead atoms. The zero-order valence-corrected chi connectivity index (χ0v) is 17.3. The molecule has 2 heterocycles. The molecule has 8 heteroatoms. The van der Waals surface area contributed by atoms with Crippen LogP contribution in [-0.2, 0) is 11.2 Å². The lowest BCUT2D eigenvalue weighted by Crippen LogP contribution is -2.17. The van der Waals surface area contributed by atoms with E-state index in [-0.39, 0.29) is 23.5 Å². The van der Waals surface area contributed by atoms with Crippen molar-refractivity contribution in [1.29, 1.82) is 0 Å². The molecule has 3 aromatic rings. The van der Waals surface area contributed by atoms with Crippen LogP contribution < -0.4 is 10.9 Å². The molecule has 2 aliphatic heterocycles. The third-order valence-electron chi connectivity index (χ3n) is 5.43. The van der Waals surface area contributed by atoms with Crippen LogP contribution in [0.3, 0.4) is 0 Å². The number of carboxylic acids is 1. The van der Waals surface area contributed by atoms with E-state index in [9.17, 15) is 19.5 Å². The van der Waals surface area contributed by atoms with Gasteiger partial charge in [0.25, 0.3) is 5.56 Å². The zero-order chi connectivity index (χ0) is 22.9. The molecule has 3 aromatic carbocycles. The number of rotatable bonds is 5. The first-order valence-corrected chi connectivity index (χ1v) is 10.2. The van der Waals surface area contributed by atoms with Crippen molar-refractivity contribution < 1.29 is 14.7 Å². The van der Waals surface area contributed by atoms with Crippen molar-refractivity contribution in [2.75, 3.05) is 5.32 Å². The second kappa shape index (κ2) is 8.08. The van der Waals surface area contributed by atoms with E-state index in [0.29, 0.717) is 28.2 Å². The molecule has 33 heavy (non-hydrogen) atoms. The summed E-state index contributed by atoms with van der Waals surface area (Å²) >= 11 is 0. The van der Waals surface area contributed by atoms with E-state index in [1.165, 1.54) is 10.7 Å². The predicted octanol–water partition coefficient (Wildman–Crippen LogP) is 3.70. The highest BCUT2D eigenvalue weighted by Gasteiger charge is 2.19. The van der Waals surface area contributed by atoms with Crippen LogP contribution in [0.1, 0.15) is 15.9 Å². The number of carboxylic acid groups (broad SMARTS) is 1. The molecule has 0 aliphatic carbocycles. The number of aromatic carboxylic acids is 1. The molecular weight excluding hydrogens is 420 g/mol. The van der Waals surface area contributed by atoms with E-state index in [2.05, 4.69) is 15.4 Å². The van der Waals surface area contributed by atoms with Gasteiger partial charge in [0, 0.05) is 22.8 Å². The Bertz CT molecular complexity index is 1530. The minimum Gasteiger partial charge on any atom is -0.478 e. The number of para-hydroxylation sites is 1. The van der Waals surface area contributed by atoms with Crippen LogP contribution in [0.4, 0.5) is 5.69 Å². The summed E-state index contributed by atoms with van der Waals surface area (Å²) in [6, 6.07) is 20.8. The van der Waals surface area contributed by atoms with Gasteiger partial charge in [0.2, 0.25) is 5.91 Å². The Kier molecular flexibility index (Phi) is 4.95. The molecule has 5 rings (SSSR count). The number of anilines is 1. The molecule has 0 radical (unpaired) electrons. The van der Waals surface area contributed by atoms with Gasteiger partial charge in [-0.15, -0.1) is 0 Å². The highest BCUT2D eigenvalue weighted by molar-refractivity contribution is 5.96. The molecule has 0 fully saturated rings. The third-order valence-corrected chi connectivity index (χ3v) is 5.43. The highest BCUT2D eigenvalue weighted by Crippen LogP contribution is 2.26. The van der Waals surface area contributed by atoms with Crippen molar-refractivity contribution in [3.8, 4) is 16.9 Å². The Hall–Kier alpha value is -4.72. The van der Waals surface area contributed by atoms with Gasteiger partial charge >= 0.3 is 5.97 Å². The average molecular weight is 438 g/mol. The van der Waals surface area contributed by atoms with E-state index in [1.807, 2.05) is 24.3 Å². The molecule has 0 aromatic heterocycles. The number of fused-ring (bicyclic) bond motifs is 3. The van der Waals surface area contributed by atoms with Gasteiger partial charge in [-0.05, 0) is 42.0 Å². The maximum absolute atomic E-state index is 12.9. The van der Waals surface area contributed by atoms with Crippen LogP contribution >= 0.6 is 0 Å². The molecule has 8 nitrogen and oxygen atoms in total. The minimum atomic E-state index is -1.08. The molecule has 0 spiro atoms. The van der Waals surface area contributed by atoms with Gasteiger partial charge in [-0.3, -0.25) is 9.59 Å². The van der Waals surface area contributed by atoms with Crippen LogP contribution in [0.25, 0.3) is 27.8 Å². The van der Waals surface area contributed by atoms with E-state index >= 15 is 0 Å². The van der Waals surface area contributed by atoms with Gasteiger partial charge < -0.3 is 15.4 Å². The van der Waals surface area contributed by atoms with Crippen LogP contribution in [0.2, 0.25) is 0 Å². The Balaban J connectivity index is 1.39. The summed E-state index contributed by atoms with van der Waals surface area (Å²) in [5.41, 5.74) is 3.37. The van der Waals surface area contributed by atoms with Crippen LogP contribution in [-0.4, -0.2) is 31.7 Å². The van der Waals surface area contributed by atoms with Gasteiger partial charge in [0.05, 0.1) is 23.2 Å². The summed E-state index contributed by atoms with van der Waals surface area (Å²) in [7, 11) is 0. The van der Waals surface area contributed by atoms with Crippen LogP contribution in [0.15, 0.2) is 83.8 Å². The van der Waals surface area contributed by atoms with Crippen LogP contribution in [0, 0.1) is 0 Å². The normalized spacial score (nSPS) is 11.0. The number of aromatic nitrogens is 3. The molecule has 2 aliphatic rings. The number of hydrogen-bond donors (Lipinski definition) is 3. The van der Waals surface area contributed by atoms with Crippen molar-refractivity contribution in [2.24, 2.45) is 0 Å². The molecule has 0 saturated carbocycles. The first kappa shape index (κ1) is 20.2. The topological polar surface area (TPSA) is 117 Å². The van der Waals surface area contributed by atoms with Gasteiger partial charge in [0.1, 0.15) is 5.69 Å².